The van der Waals surface area contributed by atoms with Gasteiger partial charge in [0.2, 0.25) is 0 Å². The molecule has 0 saturated heterocycles. The summed E-state index contributed by atoms with van der Waals surface area (Å²) in [4.78, 5) is 20.1. The standard InChI is InChI=1S/C16H18N2O2/c1-2-20-16(19)15(11-13-3-7-17-8-4-13)12-14-5-9-18-10-6-14/h3-10,15H,2,11-12H2,1H3. The molecule has 104 valence electrons. The van der Waals surface area contributed by atoms with Gasteiger partial charge in [0.15, 0.2) is 0 Å². The predicted octanol–water partition coefficient (Wildman–Crippen LogP) is 2.44. The van der Waals surface area contributed by atoms with Crippen LogP contribution in [0.2, 0.25) is 0 Å². The summed E-state index contributed by atoms with van der Waals surface area (Å²) in [7, 11) is 0. The van der Waals surface area contributed by atoms with Crippen LogP contribution in [0.15, 0.2) is 49.1 Å². The topological polar surface area (TPSA) is 52.1 Å². The number of aromatic nitrogens is 2. The third-order valence-electron chi connectivity index (χ3n) is 3.08. The molecule has 2 rings (SSSR count). The van der Waals surface area contributed by atoms with Crippen molar-refractivity contribution in [2.75, 3.05) is 6.61 Å². The van der Waals surface area contributed by atoms with Crippen molar-refractivity contribution in [2.24, 2.45) is 5.92 Å². The van der Waals surface area contributed by atoms with E-state index in [4.69, 9.17) is 4.74 Å². The summed E-state index contributed by atoms with van der Waals surface area (Å²) < 4.78 is 5.18. The molecule has 0 amide bonds. The number of esters is 1. The minimum absolute atomic E-state index is 0.152. The Morgan fingerprint density at radius 1 is 1.00 bits per heavy atom. The van der Waals surface area contributed by atoms with Gasteiger partial charge in [-0.2, -0.15) is 0 Å². The third-order valence-corrected chi connectivity index (χ3v) is 3.08. The highest BCUT2D eigenvalue weighted by atomic mass is 16.5. The van der Waals surface area contributed by atoms with E-state index in [0.29, 0.717) is 19.4 Å². The molecule has 0 spiro atoms. The molecule has 0 unspecified atom stereocenters. The van der Waals surface area contributed by atoms with Gasteiger partial charge in [-0.3, -0.25) is 14.8 Å². The largest absolute Gasteiger partial charge is 0.466 e. The first-order chi connectivity index (χ1) is 9.79. The minimum Gasteiger partial charge on any atom is -0.466 e. The summed E-state index contributed by atoms with van der Waals surface area (Å²) in [6, 6.07) is 7.72. The third kappa shape index (κ3) is 4.16. The molecule has 2 aromatic rings. The van der Waals surface area contributed by atoms with Crippen molar-refractivity contribution in [1.29, 1.82) is 0 Å². The second-order valence-electron chi connectivity index (χ2n) is 4.57. The number of ether oxygens (including phenoxy) is 1. The van der Waals surface area contributed by atoms with Crippen molar-refractivity contribution < 1.29 is 9.53 Å². The van der Waals surface area contributed by atoms with Crippen molar-refractivity contribution >= 4 is 5.97 Å². The minimum atomic E-state index is -0.181. The lowest BCUT2D eigenvalue weighted by Crippen LogP contribution is -2.22. The molecule has 2 aromatic heterocycles. The number of carbonyl (C=O) groups excluding carboxylic acids is 1. The molecular weight excluding hydrogens is 252 g/mol. The van der Waals surface area contributed by atoms with Gasteiger partial charge in [-0.05, 0) is 55.2 Å². The highest BCUT2D eigenvalue weighted by molar-refractivity contribution is 5.73. The molecule has 0 atom stereocenters. The molecule has 0 radical (unpaired) electrons. The van der Waals surface area contributed by atoms with E-state index in [0.717, 1.165) is 11.1 Å². The number of carbonyl (C=O) groups is 1. The number of hydrogen-bond donors (Lipinski definition) is 0. The molecule has 20 heavy (non-hydrogen) atoms. The second kappa shape index (κ2) is 7.38. The van der Waals surface area contributed by atoms with E-state index in [1.165, 1.54) is 0 Å². The number of nitrogens with zero attached hydrogens (tertiary/aromatic N) is 2. The van der Waals surface area contributed by atoms with Crippen molar-refractivity contribution in [3.8, 4) is 0 Å². The maximum Gasteiger partial charge on any atom is 0.309 e. The summed E-state index contributed by atoms with van der Waals surface area (Å²) in [5.41, 5.74) is 2.18. The van der Waals surface area contributed by atoms with Gasteiger partial charge < -0.3 is 4.74 Å². The van der Waals surface area contributed by atoms with Gasteiger partial charge in [0.25, 0.3) is 0 Å². The van der Waals surface area contributed by atoms with Gasteiger partial charge in [-0.1, -0.05) is 0 Å². The first kappa shape index (κ1) is 14.2. The van der Waals surface area contributed by atoms with Crippen LogP contribution >= 0.6 is 0 Å². The van der Waals surface area contributed by atoms with Crippen molar-refractivity contribution in [3.63, 3.8) is 0 Å². The van der Waals surface area contributed by atoms with Crippen LogP contribution in [0.5, 0.6) is 0 Å². The Morgan fingerprint density at radius 3 is 1.85 bits per heavy atom. The van der Waals surface area contributed by atoms with Gasteiger partial charge in [-0.25, -0.2) is 0 Å². The Bertz CT molecular complexity index is 487. The van der Waals surface area contributed by atoms with Crippen molar-refractivity contribution in [2.45, 2.75) is 19.8 Å². The normalized spacial score (nSPS) is 10.5. The maximum atomic E-state index is 12.1. The maximum absolute atomic E-state index is 12.1. The Balaban J connectivity index is 2.10. The zero-order valence-corrected chi connectivity index (χ0v) is 11.5. The van der Waals surface area contributed by atoms with E-state index < -0.39 is 0 Å². The average molecular weight is 270 g/mol. The summed E-state index contributed by atoms with van der Waals surface area (Å²) in [5.74, 6) is -0.333. The molecule has 0 bridgehead atoms. The highest BCUT2D eigenvalue weighted by Crippen LogP contribution is 2.16. The van der Waals surface area contributed by atoms with Crippen molar-refractivity contribution in [1.82, 2.24) is 9.97 Å². The molecule has 0 aliphatic carbocycles. The highest BCUT2D eigenvalue weighted by Gasteiger charge is 2.20. The fourth-order valence-electron chi connectivity index (χ4n) is 2.11. The van der Waals surface area contributed by atoms with E-state index in [-0.39, 0.29) is 11.9 Å². The molecule has 2 heterocycles. The molecule has 4 heteroatoms. The van der Waals surface area contributed by atoms with E-state index >= 15 is 0 Å². The van der Waals surface area contributed by atoms with E-state index in [9.17, 15) is 4.79 Å². The van der Waals surface area contributed by atoms with Crippen LogP contribution < -0.4 is 0 Å². The van der Waals surface area contributed by atoms with E-state index in [1.54, 1.807) is 24.8 Å². The van der Waals surface area contributed by atoms with Gasteiger partial charge in [0, 0.05) is 24.8 Å². The fraction of sp³-hybridized carbons (Fsp3) is 0.312. The second-order valence-corrected chi connectivity index (χ2v) is 4.57. The monoisotopic (exact) mass is 270 g/mol. The summed E-state index contributed by atoms with van der Waals surface area (Å²) in [5, 5.41) is 0. The quantitative estimate of drug-likeness (QED) is 0.756. The van der Waals surface area contributed by atoms with Crippen LogP contribution in [-0.2, 0) is 22.4 Å². The van der Waals surface area contributed by atoms with Gasteiger partial charge in [0.05, 0.1) is 12.5 Å². The molecular formula is C16H18N2O2. The number of pyridine rings is 2. The molecule has 0 aromatic carbocycles. The van der Waals surface area contributed by atoms with E-state index in [2.05, 4.69) is 9.97 Å². The first-order valence-electron chi connectivity index (χ1n) is 6.74. The summed E-state index contributed by atoms with van der Waals surface area (Å²) in [6.45, 7) is 2.23. The molecule has 0 fully saturated rings. The predicted molar refractivity (Wildman–Crippen MR) is 76.0 cm³/mol. The van der Waals surface area contributed by atoms with Crippen LogP contribution in [0.25, 0.3) is 0 Å². The Labute approximate surface area is 118 Å². The zero-order chi connectivity index (χ0) is 14.2. The number of hydrogen-bond acceptors (Lipinski definition) is 4. The molecule has 0 aliphatic rings. The van der Waals surface area contributed by atoms with Gasteiger partial charge in [-0.15, -0.1) is 0 Å². The first-order valence-corrected chi connectivity index (χ1v) is 6.74. The lowest BCUT2D eigenvalue weighted by Gasteiger charge is -2.15. The SMILES string of the molecule is CCOC(=O)C(Cc1ccncc1)Cc1ccncc1. The smallest absolute Gasteiger partial charge is 0.309 e. The van der Waals surface area contributed by atoms with Crippen molar-refractivity contribution in [3.05, 3.63) is 60.2 Å². The average Bonchev–Trinajstić information content (AvgIpc) is 2.49. The fourth-order valence-corrected chi connectivity index (χ4v) is 2.11. The van der Waals surface area contributed by atoms with Gasteiger partial charge in [0.1, 0.15) is 0 Å². The Morgan fingerprint density at radius 2 is 1.45 bits per heavy atom. The van der Waals surface area contributed by atoms with Crippen LogP contribution in [0.4, 0.5) is 0 Å². The van der Waals surface area contributed by atoms with Crippen LogP contribution in [0.1, 0.15) is 18.1 Å². The summed E-state index contributed by atoms with van der Waals surface area (Å²) in [6.07, 6.45) is 8.27. The summed E-state index contributed by atoms with van der Waals surface area (Å²) >= 11 is 0. The Hall–Kier alpha value is -2.23. The lowest BCUT2D eigenvalue weighted by molar-refractivity contribution is -0.147. The molecule has 0 N–H and O–H groups in total. The Kier molecular flexibility index (Phi) is 5.24. The number of rotatable bonds is 6. The van der Waals surface area contributed by atoms with Crippen LogP contribution in [-0.4, -0.2) is 22.5 Å². The van der Waals surface area contributed by atoms with Crippen LogP contribution in [0.3, 0.4) is 0 Å². The van der Waals surface area contributed by atoms with Crippen LogP contribution in [0, 0.1) is 5.92 Å². The van der Waals surface area contributed by atoms with E-state index in [1.807, 2.05) is 31.2 Å². The molecule has 0 saturated carbocycles. The molecule has 0 aliphatic heterocycles. The lowest BCUT2D eigenvalue weighted by atomic mass is 9.93. The van der Waals surface area contributed by atoms with Gasteiger partial charge >= 0.3 is 5.97 Å². The molecule has 4 nitrogen and oxygen atoms in total. The zero-order valence-electron chi connectivity index (χ0n) is 11.5.